The Morgan fingerprint density at radius 1 is 1.31 bits per heavy atom. The number of carboxylic acid groups (broad SMARTS) is 1. The fraction of sp³-hybridized carbons (Fsp3) is 0.263. The van der Waals surface area contributed by atoms with Gasteiger partial charge in [-0.2, -0.15) is 0 Å². The van der Waals surface area contributed by atoms with E-state index in [2.05, 4.69) is 15.3 Å². The standard InChI is InChI=1S/C19H19N3O5S2/c1-9-12-14(23)21-18(29-19(2,3)17(25)26)22-16(12)28-13(9)15(24)20-10-7-5-6-8-11(10)27-4/h5-8H,1-4H3,(H,20,24)(H,25,26)(H,21,22,23). The molecule has 0 aliphatic carbocycles. The lowest BCUT2D eigenvalue weighted by Gasteiger charge is -2.16. The van der Waals surface area contributed by atoms with Crippen LogP contribution in [0.2, 0.25) is 0 Å². The number of anilines is 1. The number of amides is 1. The maximum atomic E-state index is 12.8. The van der Waals surface area contributed by atoms with Crippen molar-refractivity contribution in [1.29, 1.82) is 0 Å². The van der Waals surface area contributed by atoms with Crippen molar-refractivity contribution in [3.05, 3.63) is 45.1 Å². The quantitative estimate of drug-likeness (QED) is 0.402. The van der Waals surface area contributed by atoms with Gasteiger partial charge in [-0.25, -0.2) is 4.98 Å². The van der Waals surface area contributed by atoms with Crippen molar-refractivity contribution in [2.45, 2.75) is 30.7 Å². The van der Waals surface area contributed by atoms with E-state index in [9.17, 15) is 19.5 Å². The number of methoxy groups -OCH3 is 1. The number of aryl methyl sites for hydroxylation is 1. The molecule has 0 aliphatic rings. The van der Waals surface area contributed by atoms with Crippen LogP contribution in [0.1, 0.15) is 29.1 Å². The Kier molecular flexibility index (Phi) is 5.67. The number of ether oxygens (including phenoxy) is 1. The fourth-order valence-corrected chi connectivity index (χ4v) is 4.59. The number of aromatic nitrogens is 2. The van der Waals surface area contributed by atoms with Crippen LogP contribution in [0, 0.1) is 6.92 Å². The number of thioether (sulfide) groups is 1. The van der Waals surface area contributed by atoms with E-state index in [-0.39, 0.29) is 11.1 Å². The van der Waals surface area contributed by atoms with E-state index in [0.29, 0.717) is 32.1 Å². The Bertz CT molecular complexity index is 1170. The van der Waals surface area contributed by atoms with Crippen LogP contribution < -0.4 is 15.6 Å². The van der Waals surface area contributed by atoms with E-state index >= 15 is 0 Å². The van der Waals surface area contributed by atoms with Crippen LogP contribution in [0.25, 0.3) is 10.2 Å². The normalized spacial score (nSPS) is 11.4. The number of nitrogens with one attached hydrogen (secondary N) is 2. The zero-order chi connectivity index (χ0) is 21.3. The highest BCUT2D eigenvalue weighted by molar-refractivity contribution is 8.01. The molecule has 10 heteroatoms. The third-order valence-corrected chi connectivity index (χ3v) is 6.46. The molecule has 1 amide bonds. The number of para-hydroxylation sites is 2. The number of aromatic amines is 1. The molecule has 152 valence electrons. The smallest absolute Gasteiger partial charge is 0.319 e. The molecule has 0 bridgehead atoms. The van der Waals surface area contributed by atoms with Crippen molar-refractivity contribution in [2.75, 3.05) is 12.4 Å². The van der Waals surface area contributed by atoms with Crippen molar-refractivity contribution in [3.8, 4) is 5.75 Å². The van der Waals surface area contributed by atoms with Gasteiger partial charge in [0.05, 0.1) is 23.1 Å². The van der Waals surface area contributed by atoms with Crippen molar-refractivity contribution in [1.82, 2.24) is 9.97 Å². The lowest BCUT2D eigenvalue weighted by molar-refractivity contribution is -0.138. The van der Waals surface area contributed by atoms with Gasteiger partial charge in [0.2, 0.25) is 0 Å². The molecule has 1 aromatic carbocycles. The van der Waals surface area contributed by atoms with Gasteiger partial charge < -0.3 is 20.1 Å². The van der Waals surface area contributed by atoms with Crippen LogP contribution in [-0.2, 0) is 4.79 Å². The highest BCUT2D eigenvalue weighted by Crippen LogP contribution is 2.33. The van der Waals surface area contributed by atoms with Gasteiger partial charge >= 0.3 is 5.97 Å². The van der Waals surface area contributed by atoms with Crippen molar-refractivity contribution in [2.24, 2.45) is 0 Å². The number of hydrogen-bond acceptors (Lipinski definition) is 7. The van der Waals surface area contributed by atoms with Gasteiger partial charge in [0.25, 0.3) is 11.5 Å². The van der Waals surface area contributed by atoms with Crippen LogP contribution in [-0.4, -0.2) is 38.8 Å². The molecule has 3 aromatic rings. The molecule has 0 spiro atoms. The summed E-state index contributed by atoms with van der Waals surface area (Å²) in [5.41, 5.74) is 0.613. The molecular weight excluding hydrogens is 414 g/mol. The van der Waals surface area contributed by atoms with Crippen LogP contribution in [0.3, 0.4) is 0 Å². The third kappa shape index (κ3) is 4.13. The number of hydrogen-bond donors (Lipinski definition) is 3. The first-order valence-electron chi connectivity index (χ1n) is 8.54. The zero-order valence-electron chi connectivity index (χ0n) is 16.2. The molecule has 8 nitrogen and oxygen atoms in total. The second kappa shape index (κ2) is 7.88. The largest absolute Gasteiger partial charge is 0.495 e. The zero-order valence-corrected chi connectivity index (χ0v) is 17.8. The van der Waals surface area contributed by atoms with Crippen LogP contribution in [0.5, 0.6) is 5.75 Å². The molecule has 0 unspecified atom stereocenters. The number of rotatable bonds is 6. The summed E-state index contributed by atoms with van der Waals surface area (Å²) in [6, 6.07) is 7.01. The Balaban J connectivity index is 1.99. The van der Waals surface area contributed by atoms with Gasteiger partial charge in [0.1, 0.15) is 15.3 Å². The summed E-state index contributed by atoms with van der Waals surface area (Å²) in [7, 11) is 1.51. The number of carbonyl (C=O) groups is 2. The maximum Gasteiger partial charge on any atom is 0.319 e. The lowest BCUT2D eigenvalue weighted by Crippen LogP contribution is -2.27. The van der Waals surface area contributed by atoms with E-state index in [4.69, 9.17) is 4.74 Å². The predicted molar refractivity (Wildman–Crippen MR) is 113 cm³/mol. The number of carbonyl (C=O) groups excluding carboxylic acids is 1. The maximum absolute atomic E-state index is 12.8. The molecule has 0 atom stereocenters. The van der Waals surface area contributed by atoms with Crippen LogP contribution >= 0.6 is 23.1 Å². The van der Waals surface area contributed by atoms with E-state index in [0.717, 1.165) is 23.1 Å². The molecule has 0 radical (unpaired) electrons. The number of fused-ring (bicyclic) bond motifs is 1. The average Bonchev–Trinajstić information content (AvgIpc) is 2.98. The van der Waals surface area contributed by atoms with Gasteiger partial charge in [-0.1, -0.05) is 23.9 Å². The molecule has 29 heavy (non-hydrogen) atoms. The molecule has 0 fully saturated rings. The average molecular weight is 434 g/mol. The summed E-state index contributed by atoms with van der Waals surface area (Å²) in [5.74, 6) is -0.885. The van der Waals surface area contributed by atoms with Crippen molar-refractivity contribution < 1.29 is 19.4 Å². The van der Waals surface area contributed by atoms with Gasteiger partial charge in [-0.3, -0.25) is 14.4 Å². The monoisotopic (exact) mass is 433 g/mol. The van der Waals surface area contributed by atoms with Gasteiger partial charge in [0, 0.05) is 0 Å². The summed E-state index contributed by atoms with van der Waals surface area (Å²) in [4.78, 5) is 44.4. The fourth-order valence-electron chi connectivity index (χ4n) is 2.60. The molecule has 0 aliphatic heterocycles. The van der Waals surface area contributed by atoms with Crippen molar-refractivity contribution in [3.63, 3.8) is 0 Å². The summed E-state index contributed by atoms with van der Waals surface area (Å²) < 4.78 is 4.08. The van der Waals surface area contributed by atoms with Crippen molar-refractivity contribution >= 4 is 50.9 Å². The molecule has 0 saturated carbocycles. The van der Waals surface area contributed by atoms with E-state index < -0.39 is 16.3 Å². The minimum absolute atomic E-state index is 0.188. The Hall–Kier alpha value is -2.85. The number of thiophene rings is 1. The first kappa shape index (κ1) is 20.9. The minimum Gasteiger partial charge on any atom is -0.495 e. The molecular formula is C19H19N3O5S2. The van der Waals surface area contributed by atoms with Gasteiger partial charge in [0.15, 0.2) is 5.16 Å². The molecule has 2 heterocycles. The highest BCUT2D eigenvalue weighted by Gasteiger charge is 2.30. The Morgan fingerprint density at radius 3 is 2.66 bits per heavy atom. The third-order valence-electron chi connectivity index (χ3n) is 4.21. The number of benzene rings is 1. The van der Waals surface area contributed by atoms with Crippen LogP contribution in [0.4, 0.5) is 5.69 Å². The molecule has 3 N–H and O–H groups in total. The number of nitrogens with zero attached hydrogens (tertiary/aromatic N) is 1. The topological polar surface area (TPSA) is 121 Å². The second-order valence-electron chi connectivity index (χ2n) is 6.68. The highest BCUT2D eigenvalue weighted by atomic mass is 32.2. The number of carboxylic acids is 1. The number of aliphatic carboxylic acids is 1. The minimum atomic E-state index is -1.17. The Labute approximate surface area is 174 Å². The summed E-state index contributed by atoms with van der Waals surface area (Å²) >= 11 is 2.02. The molecule has 0 saturated heterocycles. The van der Waals surface area contributed by atoms with E-state index in [1.54, 1.807) is 31.2 Å². The first-order valence-corrected chi connectivity index (χ1v) is 10.2. The van der Waals surface area contributed by atoms with E-state index in [1.165, 1.54) is 21.0 Å². The second-order valence-corrected chi connectivity index (χ2v) is 9.29. The number of H-pyrrole nitrogens is 1. The summed E-state index contributed by atoms with van der Waals surface area (Å²) in [5, 5.41) is 12.6. The van der Waals surface area contributed by atoms with E-state index in [1.807, 2.05) is 0 Å². The molecule has 3 rings (SSSR count). The van der Waals surface area contributed by atoms with Crippen LogP contribution in [0.15, 0.2) is 34.2 Å². The van der Waals surface area contributed by atoms with Gasteiger partial charge in [-0.05, 0) is 38.5 Å². The van der Waals surface area contributed by atoms with Gasteiger partial charge in [-0.15, -0.1) is 11.3 Å². The summed E-state index contributed by atoms with van der Waals surface area (Å²) in [6.45, 7) is 4.73. The lowest BCUT2D eigenvalue weighted by atomic mass is 10.2. The SMILES string of the molecule is COc1ccccc1NC(=O)c1sc2nc(SC(C)(C)C(=O)O)[nH]c(=O)c2c1C. The summed E-state index contributed by atoms with van der Waals surface area (Å²) in [6.07, 6.45) is 0. The predicted octanol–water partition coefficient (Wildman–Crippen LogP) is 3.51. The molecule has 2 aromatic heterocycles. The Morgan fingerprint density at radius 2 is 2.00 bits per heavy atom. The first-order chi connectivity index (χ1) is 13.6.